The molecule has 2 aromatic rings. The minimum atomic E-state index is -0.0562. The van der Waals surface area contributed by atoms with Crippen LogP contribution >= 0.6 is 12.2 Å². The van der Waals surface area contributed by atoms with Crippen LogP contribution in [-0.2, 0) is 7.05 Å². The minimum Gasteiger partial charge on any atom is -1.00 e. The predicted molar refractivity (Wildman–Crippen MR) is 55.5 cm³/mol. The van der Waals surface area contributed by atoms with Crippen LogP contribution in [0.4, 0.5) is 0 Å². The number of benzene rings is 1. The molecule has 0 saturated heterocycles. The van der Waals surface area contributed by atoms with Crippen molar-refractivity contribution in [3.63, 3.8) is 0 Å². The third-order valence-electron chi connectivity index (χ3n) is 2.01. The fraction of sp³-hybridized carbons (Fsp3) is 0.111. The van der Waals surface area contributed by atoms with E-state index < -0.39 is 0 Å². The second-order valence-corrected chi connectivity index (χ2v) is 3.23. The summed E-state index contributed by atoms with van der Waals surface area (Å²) in [5.74, 6) is 0. The van der Waals surface area contributed by atoms with Crippen molar-refractivity contribution in [3.8, 4) is 0 Å². The molecule has 0 atom stereocenters. The molecule has 0 bridgehead atoms. The van der Waals surface area contributed by atoms with Crippen molar-refractivity contribution >= 4 is 23.1 Å². The standard InChI is InChI=1S/C9H8N2OS.K.H/c1-11-8(12)6-4-2-3-5-7(6)10-9(11)13;;/h2-5H,1H3,(H,10,13);;/q;+1;-1. The van der Waals surface area contributed by atoms with Crippen molar-refractivity contribution in [3.05, 3.63) is 39.4 Å². The number of aromatic amines is 1. The maximum Gasteiger partial charge on any atom is 1.00 e. The van der Waals surface area contributed by atoms with Crippen molar-refractivity contribution < 1.29 is 52.8 Å². The average molecular weight is 232 g/mol. The van der Waals surface area contributed by atoms with Gasteiger partial charge in [-0.25, -0.2) is 0 Å². The summed E-state index contributed by atoms with van der Waals surface area (Å²) in [7, 11) is 1.66. The number of para-hydroxylation sites is 1. The van der Waals surface area contributed by atoms with Gasteiger partial charge in [-0.1, -0.05) is 12.1 Å². The van der Waals surface area contributed by atoms with Gasteiger partial charge in [-0.2, -0.15) is 0 Å². The average Bonchev–Trinajstić information content (AvgIpc) is 2.15. The molecule has 3 nitrogen and oxygen atoms in total. The number of fused-ring (bicyclic) bond motifs is 1. The Kier molecular flexibility index (Phi) is 4.24. The molecule has 0 radical (unpaired) electrons. The Morgan fingerprint density at radius 3 is 2.79 bits per heavy atom. The Morgan fingerprint density at radius 2 is 2.07 bits per heavy atom. The fourth-order valence-corrected chi connectivity index (χ4v) is 1.44. The van der Waals surface area contributed by atoms with Crippen LogP contribution in [-0.4, -0.2) is 9.55 Å². The minimum absolute atomic E-state index is 0. The van der Waals surface area contributed by atoms with Gasteiger partial charge in [-0.05, 0) is 24.4 Å². The Bertz CT molecular complexity index is 578. The second kappa shape index (κ2) is 4.83. The molecule has 68 valence electrons. The van der Waals surface area contributed by atoms with E-state index in [-0.39, 0.29) is 58.4 Å². The SMILES string of the molecule is Cn1c(=S)[nH]c2ccccc2c1=O.[H-].[K+]. The van der Waals surface area contributed by atoms with Crippen LogP contribution in [0.2, 0.25) is 0 Å². The van der Waals surface area contributed by atoms with Crippen LogP contribution in [0, 0.1) is 4.77 Å². The van der Waals surface area contributed by atoms with Crippen molar-refractivity contribution in [1.29, 1.82) is 0 Å². The van der Waals surface area contributed by atoms with E-state index >= 15 is 0 Å². The van der Waals surface area contributed by atoms with E-state index in [4.69, 9.17) is 12.2 Å². The quantitative estimate of drug-likeness (QED) is 0.453. The van der Waals surface area contributed by atoms with Crippen molar-refractivity contribution in [2.75, 3.05) is 0 Å². The van der Waals surface area contributed by atoms with Crippen molar-refractivity contribution in [2.24, 2.45) is 7.05 Å². The van der Waals surface area contributed by atoms with Gasteiger partial charge in [0.2, 0.25) is 0 Å². The van der Waals surface area contributed by atoms with Gasteiger partial charge in [0, 0.05) is 7.05 Å². The first-order valence-electron chi connectivity index (χ1n) is 3.88. The van der Waals surface area contributed by atoms with Gasteiger partial charge in [0.1, 0.15) is 0 Å². The van der Waals surface area contributed by atoms with Gasteiger partial charge in [0.15, 0.2) is 4.77 Å². The molecule has 0 unspecified atom stereocenters. The van der Waals surface area contributed by atoms with E-state index in [9.17, 15) is 4.79 Å². The number of hydrogen-bond donors (Lipinski definition) is 1. The summed E-state index contributed by atoms with van der Waals surface area (Å²) in [4.78, 5) is 14.6. The van der Waals surface area contributed by atoms with Crippen LogP contribution in [0.3, 0.4) is 0 Å². The molecular formula is C9H9KN2OS. The summed E-state index contributed by atoms with van der Waals surface area (Å²) in [5, 5.41) is 0.665. The van der Waals surface area contributed by atoms with E-state index in [0.29, 0.717) is 10.2 Å². The summed E-state index contributed by atoms with van der Waals surface area (Å²) in [6, 6.07) is 7.32. The summed E-state index contributed by atoms with van der Waals surface area (Å²) in [6.45, 7) is 0. The van der Waals surface area contributed by atoms with Crippen LogP contribution in [0.15, 0.2) is 29.1 Å². The molecule has 0 saturated carbocycles. The topological polar surface area (TPSA) is 37.8 Å². The Morgan fingerprint density at radius 1 is 1.43 bits per heavy atom. The maximum absolute atomic E-state index is 11.6. The number of aromatic nitrogens is 2. The molecular weight excluding hydrogens is 223 g/mol. The maximum atomic E-state index is 11.6. The van der Waals surface area contributed by atoms with Gasteiger partial charge >= 0.3 is 51.4 Å². The summed E-state index contributed by atoms with van der Waals surface area (Å²) in [6.07, 6.45) is 0. The van der Waals surface area contributed by atoms with Gasteiger partial charge in [0.05, 0.1) is 10.9 Å². The zero-order valence-electron chi connectivity index (χ0n) is 9.07. The normalized spacial score (nSPS) is 9.79. The molecule has 1 heterocycles. The molecule has 0 spiro atoms. The molecule has 1 aromatic carbocycles. The van der Waals surface area contributed by atoms with E-state index in [1.54, 1.807) is 13.1 Å². The molecule has 2 rings (SSSR count). The van der Waals surface area contributed by atoms with E-state index in [1.807, 2.05) is 18.2 Å². The predicted octanol–water partition coefficient (Wildman–Crippen LogP) is -1.29. The summed E-state index contributed by atoms with van der Waals surface area (Å²) >= 11 is 4.98. The smallest absolute Gasteiger partial charge is 1.00 e. The third-order valence-corrected chi connectivity index (χ3v) is 2.38. The monoisotopic (exact) mass is 232 g/mol. The molecule has 14 heavy (non-hydrogen) atoms. The zero-order chi connectivity index (χ0) is 9.42. The number of hydrogen-bond acceptors (Lipinski definition) is 2. The zero-order valence-corrected chi connectivity index (χ0v) is 12.0. The Hall–Kier alpha value is 0.216. The number of rotatable bonds is 0. The molecule has 0 amide bonds. The number of nitrogens with one attached hydrogen (secondary N) is 1. The van der Waals surface area contributed by atoms with Gasteiger partial charge in [-0.3, -0.25) is 9.36 Å². The van der Waals surface area contributed by atoms with Crippen LogP contribution in [0.1, 0.15) is 1.43 Å². The number of nitrogens with zero attached hydrogens (tertiary/aromatic N) is 1. The van der Waals surface area contributed by atoms with Crippen LogP contribution < -0.4 is 56.9 Å². The molecule has 0 aliphatic heterocycles. The first-order chi connectivity index (χ1) is 6.20. The van der Waals surface area contributed by atoms with E-state index in [0.717, 1.165) is 5.52 Å². The Labute approximate surface area is 130 Å². The van der Waals surface area contributed by atoms with Gasteiger partial charge in [0.25, 0.3) is 5.56 Å². The molecule has 5 heteroatoms. The fourth-order valence-electron chi connectivity index (χ4n) is 1.25. The Balaban J connectivity index is 0.000000980. The van der Waals surface area contributed by atoms with Crippen LogP contribution in [0.5, 0.6) is 0 Å². The molecule has 0 aliphatic carbocycles. The van der Waals surface area contributed by atoms with Crippen molar-refractivity contribution in [1.82, 2.24) is 9.55 Å². The first kappa shape index (κ1) is 12.3. The van der Waals surface area contributed by atoms with Gasteiger partial charge < -0.3 is 6.41 Å². The largest absolute Gasteiger partial charge is 1.00 e. The third kappa shape index (κ3) is 2.07. The van der Waals surface area contributed by atoms with Gasteiger partial charge in [-0.15, -0.1) is 0 Å². The van der Waals surface area contributed by atoms with Crippen LogP contribution in [0.25, 0.3) is 10.9 Å². The molecule has 0 aliphatic rings. The number of H-pyrrole nitrogens is 1. The molecule has 1 N–H and O–H groups in total. The van der Waals surface area contributed by atoms with Crippen molar-refractivity contribution in [2.45, 2.75) is 0 Å². The van der Waals surface area contributed by atoms with E-state index in [1.165, 1.54) is 4.57 Å². The summed E-state index contributed by atoms with van der Waals surface area (Å²) < 4.78 is 1.88. The molecule has 1 aromatic heterocycles. The molecule has 0 fully saturated rings. The van der Waals surface area contributed by atoms with E-state index in [2.05, 4.69) is 4.98 Å². The first-order valence-corrected chi connectivity index (χ1v) is 4.29. The summed E-state index contributed by atoms with van der Waals surface area (Å²) in [5.41, 5.74) is 0.731. The second-order valence-electron chi connectivity index (χ2n) is 2.84.